The van der Waals surface area contributed by atoms with Gasteiger partial charge in [0.05, 0.1) is 5.69 Å². The zero-order valence-corrected chi connectivity index (χ0v) is 8.23. The molecular formula is C6H6ClFN2O2S. The van der Waals surface area contributed by atoms with Gasteiger partial charge < -0.3 is 0 Å². The minimum Gasteiger partial charge on any atom is -0.244 e. The summed E-state index contributed by atoms with van der Waals surface area (Å²) < 4.78 is 34.1. The van der Waals surface area contributed by atoms with Crippen molar-refractivity contribution >= 4 is 21.4 Å². The van der Waals surface area contributed by atoms with E-state index in [1.807, 2.05) is 0 Å². The molecule has 13 heavy (non-hydrogen) atoms. The van der Waals surface area contributed by atoms with Crippen molar-refractivity contribution in [1.29, 1.82) is 0 Å². The minimum atomic E-state index is -3.46. The number of halogens is 2. The molecule has 7 heteroatoms. The van der Waals surface area contributed by atoms with Crippen molar-refractivity contribution in [3.8, 4) is 0 Å². The van der Waals surface area contributed by atoms with Crippen LogP contribution in [0.1, 0.15) is 5.69 Å². The molecule has 0 unspecified atom stereocenters. The smallest absolute Gasteiger partial charge is 0.223 e. The summed E-state index contributed by atoms with van der Waals surface area (Å²) in [5.74, 6) is 0. The van der Waals surface area contributed by atoms with Crippen molar-refractivity contribution in [1.82, 2.24) is 9.97 Å². The van der Waals surface area contributed by atoms with Gasteiger partial charge in [0.15, 0.2) is 14.9 Å². The van der Waals surface area contributed by atoms with Crippen LogP contribution in [0.25, 0.3) is 0 Å². The Labute approximate surface area is 79.7 Å². The zero-order chi connectivity index (χ0) is 10.1. The molecular weight excluding hydrogens is 219 g/mol. The van der Waals surface area contributed by atoms with Gasteiger partial charge in [0.2, 0.25) is 5.28 Å². The average molecular weight is 225 g/mol. The van der Waals surface area contributed by atoms with Gasteiger partial charge in [0.25, 0.3) is 0 Å². The predicted molar refractivity (Wildman–Crippen MR) is 45.0 cm³/mol. The summed E-state index contributed by atoms with van der Waals surface area (Å²) in [7, 11) is -3.46. The lowest BCUT2D eigenvalue weighted by Gasteiger charge is -1.99. The lowest BCUT2D eigenvalue weighted by atomic mass is 10.4. The molecule has 0 saturated heterocycles. The largest absolute Gasteiger partial charge is 0.244 e. The molecule has 1 aromatic heterocycles. The standard InChI is InChI=1S/C6H6ClFN2O2S/c1-13(11,12)5-2-4(3-8)9-6(7)10-5/h2H,3H2,1H3. The molecule has 1 heterocycles. The van der Waals surface area contributed by atoms with E-state index in [1.165, 1.54) is 0 Å². The molecule has 0 radical (unpaired) electrons. The fourth-order valence-corrected chi connectivity index (χ4v) is 1.55. The van der Waals surface area contributed by atoms with Crippen LogP contribution < -0.4 is 0 Å². The van der Waals surface area contributed by atoms with Crippen LogP contribution in [0.5, 0.6) is 0 Å². The van der Waals surface area contributed by atoms with E-state index in [0.29, 0.717) is 0 Å². The molecule has 1 rings (SSSR count). The fourth-order valence-electron chi connectivity index (χ4n) is 0.700. The van der Waals surface area contributed by atoms with Crippen molar-refractivity contribution in [2.24, 2.45) is 0 Å². The summed E-state index contributed by atoms with van der Waals surface area (Å²) in [6.45, 7) is -0.870. The van der Waals surface area contributed by atoms with Gasteiger partial charge in [-0.05, 0) is 17.7 Å². The van der Waals surface area contributed by atoms with E-state index in [4.69, 9.17) is 11.6 Å². The Balaban J connectivity index is 3.33. The summed E-state index contributed by atoms with van der Waals surface area (Å²) in [5, 5.41) is -0.532. The molecule has 1 aromatic rings. The second-order valence-electron chi connectivity index (χ2n) is 2.37. The van der Waals surface area contributed by atoms with Crippen molar-refractivity contribution in [2.45, 2.75) is 11.7 Å². The van der Waals surface area contributed by atoms with E-state index in [2.05, 4.69) is 9.97 Å². The first-order valence-corrected chi connectivity index (χ1v) is 5.50. The molecule has 0 spiro atoms. The third-order valence-corrected chi connectivity index (χ3v) is 2.38. The van der Waals surface area contributed by atoms with Crippen molar-refractivity contribution in [3.05, 3.63) is 17.0 Å². The van der Waals surface area contributed by atoms with Crippen LogP contribution in [0.2, 0.25) is 5.28 Å². The van der Waals surface area contributed by atoms with E-state index in [0.717, 1.165) is 12.3 Å². The van der Waals surface area contributed by atoms with Gasteiger partial charge >= 0.3 is 0 Å². The fraction of sp³-hybridized carbons (Fsp3) is 0.333. The molecule has 0 fully saturated rings. The van der Waals surface area contributed by atoms with E-state index in [9.17, 15) is 12.8 Å². The first kappa shape index (κ1) is 10.3. The highest BCUT2D eigenvalue weighted by Gasteiger charge is 2.12. The molecule has 0 aliphatic carbocycles. The van der Waals surface area contributed by atoms with Crippen LogP contribution >= 0.6 is 11.6 Å². The topological polar surface area (TPSA) is 59.9 Å². The number of hydrogen-bond donors (Lipinski definition) is 0. The Kier molecular flexibility index (Phi) is 2.82. The Morgan fingerprint density at radius 2 is 2.15 bits per heavy atom. The maximum Gasteiger partial charge on any atom is 0.223 e. The maximum absolute atomic E-state index is 12.1. The van der Waals surface area contributed by atoms with Gasteiger partial charge in [-0.2, -0.15) is 0 Å². The SMILES string of the molecule is CS(=O)(=O)c1cc(CF)nc(Cl)n1. The number of hydrogen-bond acceptors (Lipinski definition) is 4. The summed E-state index contributed by atoms with van der Waals surface area (Å²) in [6.07, 6.45) is 0.966. The quantitative estimate of drug-likeness (QED) is 0.556. The Morgan fingerprint density at radius 1 is 1.54 bits per heavy atom. The van der Waals surface area contributed by atoms with Gasteiger partial charge in [0, 0.05) is 6.26 Å². The lowest BCUT2D eigenvalue weighted by Crippen LogP contribution is -2.03. The highest BCUT2D eigenvalue weighted by molar-refractivity contribution is 7.90. The summed E-state index contributed by atoms with van der Waals surface area (Å²) in [5.41, 5.74) is -0.0413. The van der Waals surface area contributed by atoms with Crippen molar-refractivity contribution < 1.29 is 12.8 Å². The lowest BCUT2D eigenvalue weighted by molar-refractivity contribution is 0.473. The van der Waals surface area contributed by atoms with Crippen LogP contribution in [-0.4, -0.2) is 24.6 Å². The molecule has 0 aliphatic rings. The molecule has 0 aliphatic heterocycles. The van der Waals surface area contributed by atoms with E-state index < -0.39 is 16.5 Å². The van der Waals surface area contributed by atoms with Crippen LogP contribution in [0.3, 0.4) is 0 Å². The number of rotatable bonds is 2. The van der Waals surface area contributed by atoms with E-state index in [-0.39, 0.29) is 16.0 Å². The van der Waals surface area contributed by atoms with Crippen LogP contribution in [-0.2, 0) is 16.5 Å². The van der Waals surface area contributed by atoms with Gasteiger partial charge in [-0.3, -0.25) is 0 Å². The second kappa shape index (κ2) is 3.55. The molecule has 0 aromatic carbocycles. The molecule has 72 valence electrons. The molecule has 0 atom stereocenters. The van der Waals surface area contributed by atoms with Gasteiger partial charge in [-0.1, -0.05) is 0 Å². The normalized spacial score (nSPS) is 11.6. The van der Waals surface area contributed by atoms with Crippen LogP contribution in [0.15, 0.2) is 11.1 Å². The summed E-state index contributed by atoms with van der Waals surface area (Å²) >= 11 is 5.38. The zero-order valence-electron chi connectivity index (χ0n) is 6.66. The third kappa shape index (κ3) is 2.60. The minimum absolute atomic E-state index is 0.0413. The third-order valence-electron chi connectivity index (χ3n) is 1.25. The Bertz CT molecular complexity index is 421. The van der Waals surface area contributed by atoms with E-state index in [1.54, 1.807) is 0 Å². The first-order valence-electron chi connectivity index (χ1n) is 3.23. The van der Waals surface area contributed by atoms with Gasteiger partial charge in [-0.25, -0.2) is 22.8 Å². The highest BCUT2D eigenvalue weighted by Crippen LogP contribution is 2.11. The first-order chi connectivity index (χ1) is 5.93. The summed E-state index contributed by atoms with van der Waals surface area (Å²) in [4.78, 5) is 6.93. The predicted octanol–water partition coefficient (Wildman–Crippen LogP) is 1.00. The maximum atomic E-state index is 12.1. The number of alkyl halides is 1. The van der Waals surface area contributed by atoms with Crippen LogP contribution in [0.4, 0.5) is 4.39 Å². The molecule has 0 amide bonds. The highest BCUT2D eigenvalue weighted by atomic mass is 35.5. The van der Waals surface area contributed by atoms with Crippen molar-refractivity contribution in [2.75, 3.05) is 6.26 Å². The second-order valence-corrected chi connectivity index (χ2v) is 4.67. The summed E-state index contributed by atoms with van der Waals surface area (Å²) in [6, 6.07) is 1.06. The monoisotopic (exact) mass is 224 g/mol. The number of aromatic nitrogens is 2. The molecule has 0 N–H and O–H groups in total. The van der Waals surface area contributed by atoms with Crippen LogP contribution in [0, 0.1) is 0 Å². The molecule has 4 nitrogen and oxygen atoms in total. The van der Waals surface area contributed by atoms with E-state index >= 15 is 0 Å². The average Bonchev–Trinajstić information content (AvgIpc) is 2.01. The Hall–Kier alpha value is -0.750. The van der Waals surface area contributed by atoms with Gasteiger partial charge in [-0.15, -0.1) is 0 Å². The Morgan fingerprint density at radius 3 is 2.62 bits per heavy atom. The number of sulfone groups is 1. The number of nitrogens with zero attached hydrogens (tertiary/aromatic N) is 2. The van der Waals surface area contributed by atoms with Gasteiger partial charge in [0.1, 0.15) is 6.67 Å². The molecule has 0 bridgehead atoms. The molecule has 0 saturated carbocycles. The van der Waals surface area contributed by atoms with Crippen molar-refractivity contribution in [3.63, 3.8) is 0 Å².